The molecular formula is C69H46N2. The van der Waals surface area contributed by atoms with Gasteiger partial charge in [-0.15, -0.1) is 0 Å². The monoisotopic (exact) mass is 902 g/mol. The van der Waals surface area contributed by atoms with E-state index >= 15 is 0 Å². The minimum atomic E-state index is -0.131. The molecule has 0 saturated carbocycles. The van der Waals surface area contributed by atoms with Gasteiger partial charge in [0, 0.05) is 43.1 Å². The van der Waals surface area contributed by atoms with Crippen molar-refractivity contribution in [2.24, 2.45) is 0 Å². The standard InChI is InChI=1S/C69H46N2/c1-40-13-4-11-22-54(40)52-33-61-57-29-45-16-7-10-19-48(45)37-65(57)71-66-38-50-25-41(23-24-49(50)30-58(66)62(34-52)68(61)71)39-69(2,3)53-21-12-20-42(26-53)51-31-59-55-27-43-14-5-8-17-46(43)35-63(55)70-64-36-47-18-9-6-15-44(47)28-56(64)60(32-51)67(59)70/h4-38H,39H2,1-3H3. The zero-order chi connectivity index (χ0) is 46.9. The van der Waals surface area contributed by atoms with Gasteiger partial charge in [0.05, 0.1) is 33.1 Å². The predicted molar refractivity (Wildman–Crippen MR) is 305 cm³/mol. The Morgan fingerprint density at radius 2 is 0.746 bits per heavy atom. The highest BCUT2D eigenvalue weighted by molar-refractivity contribution is 6.28. The Hall–Kier alpha value is -8.72. The van der Waals surface area contributed by atoms with Crippen LogP contribution in [0.3, 0.4) is 0 Å². The summed E-state index contributed by atoms with van der Waals surface area (Å²) in [5.74, 6) is 0. The summed E-state index contributed by atoms with van der Waals surface area (Å²) >= 11 is 0. The van der Waals surface area contributed by atoms with Crippen LogP contribution < -0.4 is 0 Å². The minimum absolute atomic E-state index is 0.131. The number of benzene rings is 12. The van der Waals surface area contributed by atoms with Crippen molar-refractivity contribution in [1.82, 2.24) is 8.80 Å². The third-order valence-electron chi connectivity index (χ3n) is 16.5. The van der Waals surface area contributed by atoms with E-state index in [4.69, 9.17) is 0 Å². The van der Waals surface area contributed by atoms with Crippen LogP contribution in [0.1, 0.15) is 30.5 Å². The van der Waals surface area contributed by atoms with Gasteiger partial charge in [-0.2, -0.15) is 0 Å². The molecule has 0 unspecified atom stereocenters. The Balaban J connectivity index is 0.827. The minimum Gasteiger partial charge on any atom is -0.308 e. The van der Waals surface area contributed by atoms with Crippen molar-refractivity contribution in [2.45, 2.75) is 32.6 Å². The molecule has 0 N–H and O–H groups in total. The van der Waals surface area contributed by atoms with E-state index in [1.807, 2.05) is 0 Å². The molecule has 0 fully saturated rings. The van der Waals surface area contributed by atoms with Gasteiger partial charge in [-0.05, 0) is 174 Å². The molecule has 16 rings (SSSR count). The van der Waals surface area contributed by atoms with E-state index in [2.05, 4.69) is 242 Å². The van der Waals surface area contributed by atoms with Gasteiger partial charge in [0.15, 0.2) is 0 Å². The number of fused-ring (bicyclic) bond motifs is 16. The molecule has 0 saturated heterocycles. The van der Waals surface area contributed by atoms with Crippen LogP contribution in [-0.4, -0.2) is 8.80 Å². The maximum atomic E-state index is 2.55. The third-order valence-corrected chi connectivity index (χ3v) is 16.5. The molecule has 12 aromatic carbocycles. The second-order valence-corrected chi connectivity index (χ2v) is 21.2. The lowest BCUT2D eigenvalue weighted by Crippen LogP contribution is -2.20. The highest BCUT2D eigenvalue weighted by atomic mass is 14.9. The zero-order valence-corrected chi connectivity index (χ0v) is 39.8. The van der Waals surface area contributed by atoms with E-state index in [0.29, 0.717) is 0 Å². The van der Waals surface area contributed by atoms with Gasteiger partial charge in [-0.25, -0.2) is 0 Å². The van der Waals surface area contributed by atoms with Gasteiger partial charge in [0.1, 0.15) is 0 Å². The van der Waals surface area contributed by atoms with Crippen molar-refractivity contribution in [2.75, 3.05) is 0 Å². The van der Waals surface area contributed by atoms with Gasteiger partial charge >= 0.3 is 0 Å². The average molecular weight is 903 g/mol. The zero-order valence-electron chi connectivity index (χ0n) is 39.8. The molecule has 332 valence electrons. The number of hydrogen-bond acceptors (Lipinski definition) is 0. The van der Waals surface area contributed by atoms with Gasteiger partial charge in [-0.1, -0.05) is 153 Å². The molecule has 2 nitrogen and oxygen atoms in total. The van der Waals surface area contributed by atoms with E-state index in [-0.39, 0.29) is 5.41 Å². The Bertz CT molecular complexity index is 4820. The lowest BCUT2D eigenvalue weighted by molar-refractivity contribution is 0.523. The van der Waals surface area contributed by atoms with Crippen LogP contribution >= 0.6 is 0 Å². The molecule has 0 aliphatic heterocycles. The Morgan fingerprint density at radius 1 is 0.324 bits per heavy atom. The summed E-state index contributed by atoms with van der Waals surface area (Å²) in [6.07, 6.45) is 0.914. The van der Waals surface area contributed by atoms with E-state index in [1.165, 1.54) is 158 Å². The van der Waals surface area contributed by atoms with Crippen LogP contribution in [0.25, 0.3) is 142 Å². The number of rotatable bonds is 5. The molecule has 71 heavy (non-hydrogen) atoms. The first-order valence-corrected chi connectivity index (χ1v) is 25.1. The molecule has 4 heterocycles. The second kappa shape index (κ2) is 14.0. The second-order valence-electron chi connectivity index (χ2n) is 21.2. The normalized spacial score (nSPS) is 12.8. The Morgan fingerprint density at radius 3 is 1.24 bits per heavy atom. The summed E-state index contributed by atoms with van der Waals surface area (Å²) < 4.78 is 5.08. The molecule has 2 heteroatoms. The lowest BCUT2D eigenvalue weighted by Gasteiger charge is -2.26. The van der Waals surface area contributed by atoms with Gasteiger partial charge in [0.25, 0.3) is 0 Å². The summed E-state index contributed by atoms with van der Waals surface area (Å²) in [6, 6.07) is 80.8. The fraction of sp³-hybridized carbons (Fsp3) is 0.0725. The van der Waals surface area contributed by atoms with Crippen LogP contribution in [0.15, 0.2) is 212 Å². The fourth-order valence-electron chi connectivity index (χ4n) is 13.0. The highest BCUT2D eigenvalue weighted by Gasteiger charge is 2.25. The average Bonchev–Trinajstić information content (AvgIpc) is 4.11. The van der Waals surface area contributed by atoms with E-state index in [1.54, 1.807) is 0 Å². The largest absolute Gasteiger partial charge is 0.308 e. The molecule has 0 aliphatic rings. The van der Waals surface area contributed by atoms with E-state index < -0.39 is 0 Å². The maximum Gasteiger partial charge on any atom is 0.0620 e. The van der Waals surface area contributed by atoms with Crippen molar-refractivity contribution < 1.29 is 0 Å². The molecule has 0 aliphatic carbocycles. The van der Waals surface area contributed by atoms with Crippen LogP contribution in [0.2, 0.25) is 0 Å². The molecule has 16 aromatic rings. The molecule has 0 radical (unpaired) electrons. The van der Waals surface area contributed by atoms with Crippen LogP contribution in [0, 0.1) is 6.92 Å². The predicted octanol–water partition coefficient (Wildman–Crippen LogP) is 18.8. The molecule has 4 aromatic heterocycles. The third kappa shape index (κ3) is 5.53. The number of aryl methyl sites for hydroxylation is 1. The van der Waals surface area contributed by atoms with Gasteiger partial charge in [0.2, 0.25) is 0 Å². The quantitative estimate of drug-likeness (QED) is 0.163. The fourth-order valence-corrected chi connectivity index (χ4v) is 13.0. The topological polar surface area (TPSA) is 8.82 Å². The van der Waals surface area contributed by atoms with Crippen molar-refractivity contribution in [3.05, 3.63) is 229 Å². The van der Waals surface area contributed by atoms with E-state index in [9.17, 15) is 0 Å². The van der Waals surface area contributed by atoms with Gasteiger partial charge < -0.3 is 8.80 Å². The molecule has 0 amide bonds. The summed E-state index contributed by atoms with van der Waals surface area (Å²) in [7, 11) is 0. The van der Waals surface area contributed by atoms with Gasteiger partial charge in [-0.3, -0.25) is 0 Å². The summed E-state index contributed by atoms with van der Waals surface area (Å²) in [6.45, 7) is 7.05. The van der Waals surface area contributed by atoms with Crippen molar-refractivity contribution in [3.63, 3.8) is 0 Å². The Kier molecular flexibility index (Phi) is 7.70. The smallest absolute Gasteiger partial charge is 0.0620 e. The van der Waals surface area contributed by atoms with Crippen LogP contribution in [0.4, 0.5) is 0 Å². The Labute approximate surface area is 409 Å². The molecular weight excluding hydrogens is 857 g/mol. The SMILES string of the molecule is Cc1ccccc1-c1cc2c3cc4ccccc4cc3n3c4cc5cc(CC(C)(C)c6cccc(-c7cc8c9cc%10ccccc%10cc9n9c%10cc%11ccccc%11cc%10c(c7)c89)c6)ccc5cc4c(c1)c23. The highest BCUT2D eigenvalue weighted by Crippen LogP contribution is 2.47. The first-order valence-electron chi connectivity index (χ1n) is 25.1. The summed E-state index contributed by atoms with van der Waals surface area (Å²) in [4.78, 5) is 0. The molecule has 0 bridgehead atoms. The summed E-state index contributed by atoms with van der Waals surface area (Å²) in [5, 5.41) is 20.6. The first-order chi connectivity index (χ1) is 34.8. The molecule has 0 atom stereocenters. The van der Waals surface area contributed by atoms with Crippen molar-refractivity contribution in [1.29, 1.82) is 0 Å². The number of hydrogen-bond donors (Lipinski definition) is 0. The van der Waals surface area contributed by atoms with Crippen LogP contribution in [0.5, 0.6) is 0 Å². The van der Waals surface area contributed by atoms with E-state index in [0.717, 1.165) is 6.42 Å². The summed E-state index contributed by atoms with van der Waals surface area (Å²) in [5.41, 5.74) is 16.6. The molecule has 0 spiro atoms. The first kappa shape index (κ1) is 39.2. The number of nitrogens with zero attached hydrogens (tertiary/aromatic N) is 2. The van der Waals surface area contributed by atoms with Crippen LogP contribution in [-0.2, 0) is 11.8 Å². The lowest BCUT2D eigenvalue weighted by atomic mass is 9.78. The maximum absolute atomic E-state index is 2.55. The number of aromatic nitrogens is 2. The van der Waals surface area contributed by atoms with Crippen molar-refractivity contribution >= 4 is 119 Å². The van der Waals surface area contributed by atoms with Crippen molar-refractivity contribution in [3.8, 4) is 22.3 Å².